The van der Waals surface area contributed by atoms with E-state index in [1.807, 2.05) is 22.7 Å². The summed E-state index contributed by atoms with van der Waals surface area (Å²) >= 11 is 5.51. The third kappa shape index (κ3) is 3.52. The van der Waals surface area contributed by atoms with Gasteiger partial charge in [-0.1, -0.05) is 109 Å². The Labute approximate surface area is 296 Å². The summed E-state index contributed by atoms with van der Waals surface area (Å²) in [7, 11) is 0. The van der Waals surface area contributed by atoms with Gasteiger partial charge in [0.1, 0.15) is 0 Å². The average Bonchev–Trinajstić information content (AvgIpc) is 3.93. The zero-order valence-corrected chi connectivity index (χ0v) is 28.8. The van der Waals surface area contributed by atoms with Gasteiger partial charge in [0.2, 0.25) is 0 Å². The van der Waals surface area contributed by atoms with Crippen LogP contribution in [0.5, 0.6) is 0 Å². The van der Waals surface area contributed by atoms with Gasteiger partial charge in [0.25, 0.3) is 0 Å². The highest BCUT2D eigenvalue weighted by molar-refractivity contribution is 7.27. The Morgan fingerprint density at radius 2 is 0.960 bits per heavy atom. The molecule has 0 unspecified atom stereocenters. The molecule has 0 saturated carbocycles. The molecule has 0 N–H and O–H groups in total. The van der Waals surface area contributed by atoms with Gasteiger partial charge in [0.15, 0.2) is 11.6 Å². The number of para-hydroxylation sites is 1. The molecule has 6 heteroatoms. The van der Waals surface area contributed by atoms with Gasteiger partial charge in [0, 0.05) is 77.5 Å². The molecule has 0 saturated heterocycles. The molecule has 12 aromatic rings. The molecule has 0 atom stereocenters. The predicted molar refractivity (Wildman–Crippen MR) is 218 cm³/mol. The second kappa shape index (κ2) is 9.96. The van der Waals surface area contributed by atoms with Crippen LogP contribution in [0.1, 0.15) is 0 Å². The molecule has 5 aromatic heterocycles. The van der Waals surface area contributed by atoms with Crippen molar-refractivity contribution in [1.82, 2.24) is 14.5 Å². The second-order valence-corrected chi connectivity index (χ2v) is 16.0. The maximum atomic E-state index is 5.64. The van der Waals surface area contributed by atoms with E-state index in [-0.39, 0.29) is 0 Å². The Morgan fingerprint density at radius 1 is 0.400 bits per heavy atom. The molecule has 232 valence electrons. The van der Waals surface area contributed by atoms with Crippen LogP contribution in [0.3, 0.4) is 0 Å². The standard InChI is InChI=1S/C44H23N3S3/c1-2-14-27-25(13-1)39-36(37-29-16-5-9-22-34(29)49-41(27)37)28-15-3-7-20-32(28)47(39)44-42-38(30-17-6-10-23-35(30)50-42)45-43(46-44)31-19-11-18-26-24-12-4-8-21-33(24)48-40(26)31/h1-23H. The largest absolute Gasteiger partial charge is 0.292 e. The van der Waals surface area contributed by atoms with Gasteiger partial charge in [-0.05, 0) is 30.3 Å². The van der Waals surface area contributed by atoms with Gasteiger partial charge < -0.3 is 0 Å². The maximum Gasteiger partial charge on any atom is 0.163 e. The third-order valence-electron chi connectivity index (χ3n) is 10.2. The summed E-state index contributed by atoms with van der Waals surface area (Å²) in [5.41, 5.74) is 4.42. The van der Waals surface area contributed by atoms with E-state index in [1.165, 1.54) is 72.1 Å². The molecule has 0 spiro atoms. The lowest BCUT2D eigenvalue weighted by atomic mass is 10.00. The van der Waals surface area contributed by atoms with Crippen molar-refractivity contribution in [3.63, 3.8) is 0 Å². The van der Waals surface area contributed by atoms with Crippen LogP contribution in [0.4, 0.5) is 0 Å². The summed E-state index contributed by atoms with van der Waals surface area (Å²) in [6.07, 6.45) is 0. The summed E-state index contributed by atoms with van der Waals surface area (Å²) in [5, 5.41) is 11.4. The van der Waals surface area contributed by atoms with Gasteiger partial charge in [-0.25, -0.2) is 9.97 Å². The fourth-order valence-corrected chi connectivity index (χ4v) is 11.7. The van der Waals surface area contributed by atoms with Crippen molar-refractivity contribution in [2.45, 2.75) is 0 Å². The highest BCUT2D eigenvalue weighted by Gasteiger charge is 2.25. The molecule has 12 rings (SSSR count). The fraction of sp³-hybridized carbons (Fsp3) is 0. The van der Waals surface area contributed by atoms with Crippen LogP contribution < -0.4 is 0 Å². The number of benzene rings is 7. The van der Waals surface area contributed by atoms with Crippen molar-refractivity contribution in [3.8, 4) is 17.2 Å². The molecule has 3 nitrogen and oxygen atoms in total. The number of aromatic nitrogens is 3. The van der Waals surface area contributed by atoms with Crippen molar-refractivity contribution < 1.29 is 0 Å². The summed E-state index contributed by atoms with van der Waals surface area (Å²) in [5.74, 6) is 1.69. The molecule has 0 aliphatic carbocycles. The van der Waals surface area contributed by atoms with Gasteiger partial charge in [-0.15, -0.1) is 34.0 Å². The van der Waals surface area contributed by atoms with Crippen molar-refractivity contribution in [1.29, 1.82) is 0 Å². The molecule has 7 aromatic carbocycles. The molecular weight excluding hydrogens is 667 g/mol. The van der Waals surface area contributed by atoms with Crippen LogP contribution in [0.25, 0.3) is 110 Å². The molecule has 0 aliphatic heterocycles. The molecule has 0 bridgehead atoms. The minimum absolute atomic E-state index is 0.755. The van der Waals surface area contributed by atoms with Crippen LogP contribution >= 0.6 is 34.0 Å². The summed E-state index contributed by atoms with van der Waals surface area (Å²) in [4.78, 5) is 11.1. The van der Waals surface area contributed by atoms with Crippen LogP contribution in [0.15, 0.2) is 140 Å². The number of hydrogen-bond donors (Lipinski definition) is 0. The average molecular weight is 690 g/mol. The van der Waals surface area contributed by atoms with Crippen LogP contribution in [-0.2, 0) is 0 Å². The summed E-state index contributed by atoms with van der Waals surface area (Å²) in [6, 6.07) is 50.6. The zero-order chi connectivity index (χ0) is 32.5. The first-order valence-electron chi connectivity index (χ1n) is 16.7. The lowest BCUT2D eigenvalue weighted by Gasteiger charge is -2.13. The molecule has 0 fully saturated rings. The van der Waals surface area contributed by atoms with Gasteiger partial charge >= 0.3 is 0 Å². The van der Waals surface area contributed by atoms with E-state index < -0.39 is 0 Å². The quantitative estimate of drug-likeness (QED) is 0.181. The van der Waals surface area contributed by atoms with E-state index >= 15 is 0 Å². The van der Waals surface area contributed by atoms with E-state index in [4.69, 9.17) is 9.97 Å². The molecule has 50 heavy (non-hydrogen) atoms. The van der Waals surface area contributed by atoms with Crippen molar-refractivity contribution in [2.24, 2.45) is 0 Å². The van der Waals surface area contributed by atoms with E-state index in [0.717, 1.165) is 38.3 Å². The normalized spacial score (nSPS) is 12.4. The van der Waals surface area contributed by atoms with Gasteiger partial charge in [-0.3, -0.25) is 4.57 Å². The first kappa shape index (κ1) is 27.2. The molecule has 0 aliphatic rings. The lowest BCUT2D eigenvalue weighted by molar-refractivity contribution is 1.09. The van der Waals surface area contributed by atoms with E-state index in [0.29, 0.717) is 0 Å². The minimum Gasteiger partial charge on any atom is -0.292 e. The zero-order valence-electron chi connectivity index (χ0n) is 26.3. The molecule has 5 heterocycles. The minimum atomic E-state index is 0.755. The van der Waals surface area contributed by atoms with E-state index in [9.17, 15) is 0 Å². The Morgan fingerprint density at radius 3 is 1.78 bits per heavy atom. The number of fused-ring (bicyclic) bond motifs is 16. The first-order chi connectivity index (χ1) is 24.8. The summed E-state index contributed by atoms with van der Waals surface area (Å²) in [6.45, 7) is 0. The van der Waals surface area contributed by atoms with Gasteiger partial charge in [-0.2, -0.15) is 0 Å². The lowest BCUT2D eigenvalue weighted by Crippen LogP contribution is -2.02. The van der Waals surface area contributed by atoms with Crippen LogP contribution in [0, 0.1) is 0 Å². The second-order valence-electron chi connectivity index (χ2n) is 12.9. The number of hydrogen-bond acceptors (Lipinski definition) is 5. The van der Waals surface area contributed by atoms with Crippen LogP contribution in [-0.4, -0.2) is 14.5 Å². The number of thiophene rings is 3. The first-order valence-corrected chi connectivity index (χ1v) is 19.1. The highest BCUT2D eigenvalue weighted by atomic mass is 32.1. The molecule has 0 radical (unpaired) electrons. The third-order valence-corrected chi connectivity index (χ3v) is 13.8. The van der Waals surface area contributed by atoms with Crippen LogP contribution in [0.2, 0.25) is 0 Å². The topological polar surface area (TPSA) is 30.7 Å². The Hall–Kier alpha value is -5.66. The number of nitrogens with zero attached hydrogens (tertiary/aromatic N) is 3. The van der Waals surface area contributed by atoms with E-state index in [1.54, 1.807) is 11.3 Å². The molecular formula is C44H23N3S3. The van der Waals surface area contributed by atoms with Crippen molar-refractivity contribution in [3.05, 3.63) is 140 Å². The smallest absolute Gasteiger partial charge is 0.163 e. The summed E-state index contributed by atoms with van der Waals surface area (Å²) < 4.78 is 9.91. The Kier molecular flexibility index (Phi) is 5.42. The van der Waals surface area contributed by atoms with Gasteiger partial charge in [0.05, 0.1) is 21.3 Å². The van der Waals surface area contributed by atoms with E-state index in [2.05, 4.69) is 144 Å². The Balaban J connectivity index is 1.31. The fourth-order valence-electron chi connectivity index (χ4n) is 8.11. The Bertz CT molecular complexity index is 3400. The maximum absolute atomic E-state index is 5.64. The number of rotatable bonds is 2. The highest BCUT2D eigenvalue weighted by Crippen LogP contribution is 2.49. The SMILES string of the molecule is c1ccc2c(c1)sc1c(-c3nc(-n4c5ccccc5c5c6c7ccccc7sc6c6ccccc6c54)c4sc5ccccc5c4n3)cccc12. The van der Waals surface area contributed by atoms with Crippen molar-refractivity contribution in [2.75, 3.05) is 0 Å². The predicted octanol–water partition coefficient (Wildman–Crippen LogP) is 13.5. The monoisotopic (exact) mass is 689 g/mol. The molecule has 0 amide bonds. The van der Waals surface area contributed by atoms with Crippen molar-refractivity contribution >= 4 is 127 Å².